The van der Waals surface area contributed by atoms with Crippen LogP contribution in [0.25, 0.3) is 6.08 Å². The summed E-state index contributed by atoms with van der Waals surface area (Å²) in [5.74, 6) is 0.427. The summed E-state index contributed by atoms with van der Waals surface area (Å²) in [7, 11) is 2.87. The summed E-state index contributed by atoms with van der Waals surface area (Å²) in [4.78, 5) is 28.6. The van der Waals surface area contributed by atoms with Crippen molar-refractivity contribution < 1.29 is 28.9 Å². The van der Waals surface area contributed by atoms with E-state index in [0.29, 0.717) is 38.8 Å². The maximum atomic E-state index is 13.6. The Hall–Kier alpha value is -3.59. The highest BCUT2D eigenvalue weighted by Gasteiger charge is 2.48. The molecule has 2 heterocycles. The quantitative estimate of drug-likeness (QED) is 0.454. The topological polar surface area (TPSA) is 97.3 Å². The Kier molecular flexibility index (Phi) is 6.98. The van der Waals surface area contributed by atoms with E-state index in [2.05, 4.69) is 5.32 Å². The number of ether oxygens (including phenoxy) is 3. The van der Waals surface area contributed by atoms with Crippen LogP contribution >= 0.6 is 11.8 Å². The number of benzene rings is 2. The number of hydrogen-bond acceptors (Lipinski definition) is 8. The standard InChI is InChI=1S/C26H28N2O6S/c1-14(2)34-19-10-9-17(13-20(19)32-4)23-22(25(31)33-5)15(3)27-26-28(23)24(30)21(35-26)12-16-7-6-8-18(29)11-16/h6-14,23,26-27,29H,1-5H3/b21-12-. The number of fused-ring (bicyclic) bond motifs is 1. The Morgan fingerprint density at radius 1 is 1.17 bits per heavy atom. The number of phenols is 1. The second kappa shape index (κ2) is 9.95. The smallest absolute Gasteiger partial charge is 0.337 e. The molecular formula is C26H28N2O6S. The molecule has 2 aromatic rings. The van der Waals surface area contributed by atoms with E-state index in [4.69, 9.17) is 14.2 Å². The molecule has 4 rings (SSSR count). The van der Waals surface area contributed by atoms with Crippen molar-refractivity contribution in [1.29, 1.82) is 0 Å². The van der Waals surface area contributed by atoms with Gasteiger partial charge in [-0.2, -0.15) is 0 Å². The van der Waals surface area contributed by atoms with Crippen molar-refractivity contribution >= 4 is 29.7 Å². The fourth-order valence-corrected chi connectivity index (χ4v) is 5.41. The summed E-state index contributed by atoms with van der Waals surface area (Å²) in [6.45, 7) is 5.64. The molecule has 0 aromatic heterocycles. The minimum Gasteiger partial charge on any atom is -0.508 e. The van der Waals surface area contributed by atoms with E-state index in [1.165, 1.54) is 18.9 Å². The number of nitrogens with zero attached hydrogens (tertiary/aromatic N) is 1. The predicted molar refractivity (Wildman–Crippen MR) is 134 cm³/mol. The van der Waals surface area contributed by atoms with Crippen LogP contribution in [0.5, 0.6) is 17.2 Å². The van der Waals surface area contributed by atoms with Crippen molar-refractivity contribution in [2.24, 2.45) is 0 Å². The molecule has 9 heteroatoms. The van der Waals surface area contributed by atoms with Crippen LogP contribution in [0, 0.1) is 0 Å². The molecule has 0 saturated carbocycles. The van der Waals surface area contributed by atoms with Gasteiger partial charge in [0.25, 0.3) is 5.91 Å². The highest BCUT2D eigenvalue weighted by atomic mass is 32.2. The number of phenolic OH excluding ortho intramolecular Hbond substituents is 1. The Bertz CT molecular complexity index is 1220. The van der Waals surface area contributed by atoms with Crippen molar-refractivity contribution in [3.63, 3.8) is 0 Å². The van der Waals surface area contributed by atoms with Crippen LogP contribution in [0.3, 0.4) is 0 Å². The zero-order chi connectivity index (χ0) is 25.3. The van der Waals surface area contributed by atoms with E-state index in [1.807, 2.05) is 26.0 Å². The number of esters is 1. The number of hydrogen-bond donors (Lipinski definition) is 2. The third-order valence-corrected chi connectivity index (χ3v) is 6.79. The van der Waals surface area contributed by atoms with Crippen molar-refractivity contribution in [3.05, 3.63) is 69.8 Å². The van der Waals surface area contributed by atoms with Crippen LogP contribution in [0.1, 0.15) is 37.9 Å². The molecule has 1 fully saturated rings. The number of rotatable bonds is 6. The summed E-state index contributed by atoms with van der Waals surface area (Å²) in [5.41, 5.74) is 1.94. The number of allylic oxidation sites excluding steroid dienone is 1. The van der Waals surface area contributed by atoms with Gasteiger partial charge >= 0.3 is 5.97 Å². The van der Waals surface area contributed by atoms with Gasteiger partial charge in [-0.05, 0) is 62.2 Å². The van der Waals surface area contributed by atoms with E-state index < -0.39 is 17.5 Å². The minimum absolute atomic E-state index is 0.0486. The molecule has 1 amide bonds. The molecule has 0 radical (unpaired) electrons. The van der Waals surface area contributed by atoms with Gasteiger partial charge in [0.2, 0.25) is 0 Å². The largest absolute Gasteiger partial charge is 0.508 e. The van der Waals surface area contributed by atoms with Gasteiger partial charge in [-0.3, -0.25) is 9.69 Å². The molecule has 1 saturated heterocycles. The highest BCUT2D eigenvalue weighted by Crippen LogP contribution is 2.47. The molecule has 2 aromatic carbocycles. The Morgan fingerprint density at radius 3 is 2.60 bits per heavy atom. The number of methoxy groups -OCH3 is 2. The first-order valence-electron chi connectivity index (χ1n) is 11.1. The summed E-state index contributed by atoms with van der Waals surface area (Å²) in [6, 6.07) is 11.4. The summed E-state index contributed by atoms with van der Waals surface area (Å²) in [5, 5.41) is 13.1. The molecule has 0 spiro atoms. The SMILES string of the molecule is COC(=O)C1=C(C)NC2S/C(=C\c3cccc(O)c3)C(=O)N2C1c1ccc(OC(C)C)c(OC)c1. The summed E-state index contributed by atoms with van der Waals surface area (Å²) in [6.07, 6.45) is 1.68. The molecule has 2 aliphatic heterocycles. The Morgan fingerprint density at radius 2 is 1.94 bits per heavy atom. The lowest BCUT2D eigenvalue weighted by Gasteiger charge is -2.39. The number of amides is 1. The second-order valence-electron chi connectivity index (χ2n) is 8.44. The maximum absolute atomic E-state index is 13.6. The van der Waals surface area contributed by atoms with Crippen molar-refractivity contribution in [3.8, 4) is 17.2 Å². The van der Waals surface area contributed by atoms with E-state index in [0.717, 1.165) is 0 Å². The zero-order valence-corrected chi connectivity index (χ0v) is 21.0. The minimum atomic E-state index is -0.703. The van der Waals surface area contributed by atoms with E-state index in [9.17, 15) is 14.7 Å². The van der Waals surface area contributed by atoms with Gasteiger partial charge in [-0.15, -0.1) is 0 Å². The third-order valence-electron chi connectivity index (χ3n) is 5.67. The lowest BCUT2D eigenvalue weighted by molar-refractivity contribution is -0.138. The van der Waals surface area contributed by atoms with Gasteiger partial charge in [0, 0.05) is 5.70 Å². The van der Waals surface area contributed by atoms with Gasteiger partial charge in [0.05, 0.1) is 36.8 Å². The number of nitrogens with one attached hydrogen (secondary N) is 1. The number of thioether (sulfide) groups is 1. The van der Waals surface area contributed by atoms with Crippen LogP contribution in [0.4, 0.5) is 0 Å². The first-order chi connectivity index (χ1) is 16.7. The van der Waals surface area contributed by atoms with E-state index in [1.54, 1.807) is 55.3 Å². The average Bonchev–Trinajstić information content (AvgIpc) is 3.12. The molecule has 2 N–H and O–H groups in total. The Labute approximate surface area is 208 Å². The number of carbonyl (C=O) groups is 2. The first kappa shape index (κ1) is 24.5. The predicted octanol–water partition coefficient (Wildman–Crippen LogP) is 4.18. The number of carbonyl (C=O) groups excluding carboxylic acids is 2. The molecule has 8 nitrogen and oxygen atoms in total. The molecular weight excluding hydrogens is 468 g/mol. The van der Waals surface area contributed by atoms with Gasteiger partial charge < -0.3 is 24.6 Å². The second-order valence-corrected chi connectivity index (χ2v) is 9.56. The first-order valence-corrected chi connectivity index (χ1v) is 12.0. The van der Waals surface area contributed by atoms with Crippen LogP contribution in [-0.4, -0.2) is 47.7 Å². The lowest BCUT2D eigenvalue weighted by atomic mass is 9.93. The van der Waals surface area contributed by atoms with E-state index in [-0.39, 0.29) is 17.8 Å². The number of aromatic hydroxyl groups is 1. The maximum Gasteiger partial charge on any atom is 0.337 e. The van der Waals surface area contributed by atoms with Crippen LogP contribution in [0.2, 0.25) is 0 Å². The van der Waals surface area contributed by atoms with Crippen molar-refractivity contribution in [1.82, 2.24) is 10.2 Å². The van der Waals surface area contributed by atoms with Crippen molar-refractivity contribution in [2.45, 2.75) is 38.4 Å². The van der Waals surface area contributed by atoms with E-state index >= 15 is 0 Å². The van der Waals surface area contributed by atoms with Crippen LogP contribution in [-0.2, 0) is 14.3 Å². The van der Waals surface area contributed by atoms with Crippen LogP contribution in [0.15, 0.2) is 58.6 Å². The molecule has 35 heavy (non-hydrogen) atoms. The molecule has 0 bridgehead atoms. The molecule has 2 unspecified atom stereocenters. The van der Waals surface area contributed by atoms with Crippen LogP contribution < -0.4 is 14.8 Å². The normalized spacial score (nSPS) is 20.7. The fourth-order valence-electron chi connectivity index (χ4n) is 4.19. The highest BCUT2D eigenvalue weighted by molar-refractivity contribution is 8.05. The zero-order valence-electron chi connectivity index (χ0n) is 20.2. The summed E-state index contributed by atoms with van der Waals surface area (Å²) < 4.78 is 16.5. The van der Waals surface area contributed by atoms with Gasteiger partial charge in [0.1, 0.15) is 5.75 Å². The molecule has 0 aliphatic carbocycles. The average molecular weight is 497 g/mol. The Balaban J connectivity index is 1.80. The van der Waals surface area contributed by atoms with Crippen molar-refractivity contribution in [2.75, 3.05) is 14.2 Å². The molecule has 184 valence electrons. The molecule has 2 aliphatic rings. The van der Waals surface area contributed by atoms with Gasteiger partial charge in [0.15, 0.2) is 17.0 Å². The fraction of sp³-hybridized carbons (Fsp3) is 0.308. The van der Waals surface area contributed by atoms with Gasteiger partial charge in [-0.25, -0.2) is 4.79 Å². The monoisotopic (exact) mass is 496 g/mol. The lowest BCUT2D eigenvalue weighted by Crippen LogP contribution is -2.49. The molecule has 2 atom stereocenters. The van der Waals surface area contributed by atoms with Gasteiger partial charge in [-0.1, -0.05) is 30.0 Å². The third kappa shape index (κ3) is 4.81. The summed E-state index contributed by atoms with van der Waals surface area (Å²) >= 11 is 1.35.